The average Bonchev–Trinajstić information content (AvgIpc) is 2.10. The highest BCUT2D eigenvalue weighted by Gasteiger charge is 1.90. The number of unbranched alkanes of at least 4 members (excludes halogenated alkanes) is 4. The molecule has 0 saturated heterocycles. The van der Waals surface area contributed by atoms with Gasteiger partial charge in [-0.25, -0.2) is 0 Å². The lowest BCUT2D eigenvalue weighted by Crippen LogP contribution is -1.99. The minimum absolute atomic E-state index is 0.134. The molecular formula is C10H24OSi. The van der Waals surface area contributed by atoms with Gasteiger partial charge in [0.1, 0.15) is 0 Å². The maximum absolute atomic E-state index is 5.62. The monoisotopic (exact) mass is 188 g/mol. The van der Waals surface area contributed by atoms with Crippen molar-refractivity contribution in [3.63, 3.8) is 0 Å². The van der Waals surface area contributed by atoms with Crippen LogP contribution in [0.2, 0.25) is 6.04 Å². The van der Waals surface area contributed by atoms with Crippen LogP contribution in [0.3, 0.4) is 0 Å². The van der Waals surface area contributed by atoms with Crippen LogP contribution in [-0.4, -0.2) is 16.4 Å². The zero-order valence-corrected chi connectivity index (χ0v) is 10.2. The lowest BCUT2D eigenvalue weighted by atomic mass is 10.2. The van der Waals surface area contributed by atoms with E-state index in [1.54, 1.807) is 0 Å². The van der Waals surface area contributed by atoms with E-state index in [9.17, 15) is 0 Å². The molecule has 0 saturated carbocycles. The summed E-state index contributed by atoms with van der Waals surface area (Å²) in [5.74, 6) is 0. The van der Waals surface area contributed by atoms with Gasteiger partial charge in [-0.05, 0) is 12.5 Å². The van der Waals surface area contributed by atoms with E-state index in [0.29, 0.717) is 0 Å². The van der Waals surface area contributed by atoms with Crippen LogP contribution in [0.5, 0.6) is 0 Å². The molecule has 2 heteroatoms. The van der Waals surface area contributed by atoms with Gasteiger partial charge in [-0.15, -0.1) is 0 Å². The molecule has 0 unspecified atom stereocenters. The molecule has 0 fully saturated rings. The molecule has 0 aromatic rings. The van der Waals surface area contributed by atoms with Crippen molar-refractivity contribution in [3.05, 3.63) is 0 Å². The third kappa shape index (κ3) is 10.2. The Kier molecular flexibility index (Phi) is 11.3. The van der Waals surface area contributed by atoms with Gasteiger partial charge in [0.05, 0.1) is 0 Å². The predicted molar refractivity (Wildman–Crippen MR) is 58.4 cm³/mol. The summed E-state index contributed by atoms with van der Waals surface area (Å²) in [7, 11) is -0.134. The topological polar surface area (TPSA) is 9.23 Å². The Morgan fingerprint density at radius 2 is 1.67 bits per heavy atom. The third-order valence-corrected chi connectivity index (χ3v) is 3.40. The summed E-state index contributed by atoms with van der Waals surface area (Å²) in [5, 5.41) is 0. The fourth-order valence-corrected chi connectivity index (χ4v) is 2.50. The van der Waals surface area contributed by atoms with E-state index >= 15 is 0 Å². The summed E-state index contributed by atoms with van der Waals surface area (Å²) < 4.78 is 5.62. The summed E-state index contributed by atoms with van der Waals surface area (Å²) in [6.45, 7) is 5.53. The van der Waals surface area contributed by atoms with Gasteiger partial charge in [0, 0.05) is 6.61 Å². The Labute approximate surface area is 79.8 Å². The number of hydrogen-bond donors (Lipinski definition) is 0. The van der Waals surface area contributed by atoms with Crippen LogP contribution in [-0.2, 0) is 4.43 Å². The van der Waals surface area contributed by atoms with Gasteiger partial charge in [0.25, 0.3) is 0 Å². The Balaban J connectivity index is 2.73. The molecular weight excluding hydrogens is 164 g/mol. The van der Waals surface area contributed by atoms with E-state index in [2.05, 4.69) is 13.8 Å². The molecule has 0 bridgehead atoms. The molecule has 1 nitrogen and oxygen atoms in total. The first-order valence-electron chi connectivity index (χ1n) is 5.49. The van der Waals surface area contributed by atoms with Crippen molar-refractivity contribution in [2.45, 2.75) is 58.4 Å². The fourth-order valence-electron chi connectivity index (χ4n) is 1.19. The Hall–Kier alpha value is 0.177. The first kappa shape index (κ1) is 12.2. The number of rotatable bonds is 9. The van der Waals surface area contributed by atoms with Gasteiger partial charge in [-0.2, -0.15) is 0 Å². The average molecular weight is 188 g/mol. The number of hydrogen-bond acceptors (Lipinski definition) is 1. The van der Waals surface area contributed by atoms with Crippen LogP contribution in [0.15, 0.2) is 0 Å². The Morgan fingerprint density at radius 1 is 0.917 bits per heavy atom. The van der Waals surface area contributed by atoms with Crippen LogP contribution < -0.4 is 0 Å². The molecule has 0 atom stereocenters. The molecule has 0 aliphatic carbocycles. The fraction of sp³-hybridized carbons (Fsp3) is 1.00. The van der Waals surface area contributed by atoms with Crippen molar-refractivity contribution in [1.82, 2.24) is 0 Å². The van der Waals surface area contributed by atoms with Gasteiger partial charge < -0.3 is 4.43 Å². The van der Waals surface area contributed by atoms with Crippen molar-refractivity contribution < 1.29 is 4.43 Å². The summed E-state index contributed by atoms with van der Waals surface area (Å²) in [6.07, 6.45) is 8.05. The second kappa shape index (κ2) is 11.2. The maximum atomic E-state index is 5.62. The quantitative estimate of drug-likeness (QED) is 0.399. The van der Waals surface area contributed by atoms with E-state index in [1.807, 2.05) is 0 Å². The van der Waals surface area contributed by atoms with Gasteiger partial charge >= 0.3 is 0 Å². The van der Waals surface area contributed by atoms with Crippen LogP contribution in [0.4, 0.5) is 0 Å². The molecule has 0 rings (SSSR count). The maximum Gasteiger partial charge on any atom is 0.161 e. The Bertz CT molecular complexity index is 66.2. The molecule has 74 valence electrons. The van der Waals surface area contributed by atoms with Gasteiger partial charge in [0.15, 0.2) is 9.76 Å². The first-order valence-corrected chi connectivity index (χ1v) is 7.07. The summed E-state index contributed by atoms with van der Waals surface area (Å²) in [4.78, 5) is 0. The molecule has 0 aliphatic heterocycles. The van der Waals surface area contributed by atoms with Crippen molar-refractivity contribution in [3.8, 4) is 0 Å². The second-order valence-corrected chi connectivity index (χ2v) is 4.90. The molecule has 0 radical (unpaired) electrons. The predicted octanol–water partition coefficient (Wildman–Crippen LogP) is 2.89. The van der Waals surface area contributed by atoms with Crippen LogP contribution in [0.25, 0.3) is 0 Å². The highest BCUT2D eigenvalue weighted by atomic mass is 28.2. The largest absolute Gasteiger partial charge is 0.424 e. The van der Waals surface area contributed by atoms with Crippen LogP contribution in [0.1, 0.15) is 52.4 Å². The zero-order valence-electron chi connectivity index (χ0n) is 8.77. The lowest BCUT2D eigenvalue weighted by Gasteiger charge is -2.02. The van der Waals surface area contributed by atoms with E-state index < -0.39 is 0 Å². The SMILES string of the molecule is CCCCCCO[SiH2]CCCC. The molecule has 0 amide bonds. The Morgan fingerprint density at radius 3 is 2.33 bits per heavy atom. The lowest BCUT2D eigenvalue weighted by molar-refractivity contribution is 0.320. The molecule has 0 spiro atoms. The standard InChI is InChI=1S/C10H24OSi/c1-3-5-7-8-9-11-12-10-6-4-2/h3-10,12H2,1-2H3. The smallest absolute Gasteiger partial charge is 0.161 e. The van der Waals surface area contributed by atoms with Gasteiger partial charge in [-0.3, -0.25) is 0 Å². The molecule has 0 aromatic carbocycles. The minimum Gasteiger partial charge on any atom is -0.424 e. The van der Waals surface area contributed by atoms with E-state index in [-0.39, 0.29) is 9.76 Å². The molecule has 0 N–H and O–H groups in total. The van der Waals surface area contributed by atoms with Crippen molar-refractivity contribution in [2.75, 3.05) is 6.61 Å². The van der Waals surface area contributed by atoms with E-state index in [4.69, 9.17) is 4.43 Å². The van der Waals surface area contributed by atoms with E-state index in [1.165, 1.54) is 44.6 Å². The van der Waals surface area contributed by atoms with Gasteiger partial charge in [0.2, 0.25) is 0 Å². The molecule has 0 heterocycles. The highest BCUT2D eigenvalue weighted by Crippen LogP contribution is 1.99. The van der Waals surface area contributed by atoms with Crippen LogP contribution >= 0.6 is 0 Å². The van der Waals surface area contributed by atoms with E-state index in [0.717, 1.165) is 6.61 Å². The zero-order chi connectivity index (χ0) is 9.07. The summed E-state index contributed by atoms with van der Waals surface area (Å²) >= 11 is 0. The summed E-state index contributed by atoms with van der Waals surface area (Å²) in [5.41, 5.74) is 0. The van der Waals surface area contributed by atoms with Crippen molar-refractivity contribution in [1.29, 1.82) is 0 Å². The normalized spacial score (nSPS) is 11.5. The third-order valence-electron chi connectivity index (χ3n) is 2.03. The first-order chi connectivity index (χ1) is 5.91. The molecule has 0 aromatic heterocycles. The minimum atomic E-state index is -0.134. The van der Waals surface area contributed by atoms with Crippen molar-refractivity contribution >= 4 is 9.76 Å². The van der Waals surface area contributed by atoms with Crippen LogP contribution in [0, 0.1) is 0 Å². The van der Waals surface area contributed by atoms with Crippen molar-refractivity contribution in [2.24, 2.45) is 0 Å². The molecule has 0 aliphatic rings. The highest BCUT2D eigenvalue weighted by molar-refractivity contribution is 6.26. The van der Waals surface area contributed by atoms with Gasteiger partial charge in [-0.1, -0.05) is 46.0 Å². The second-order valence-electron chi connectivity index (χ2n) is 3.38. The summed E-state index contributed by atoms with van der Waals surface area (Å²) in [6, 6.07) is 1.38. The molecule has 12 heavy (non-hydrogen) atoms.